The van der Waals surface area contributed by atoms with E-state index in [0.717, 1.165) is 45.3 Å². The third-order valence-corrected chi connectivity index (χ3v) is 4.17. The maximum absolute atomic E-state index is 10.7. The van der Waals surface area contributed by atoms with Crippen molar-refractivity contribution in [3.8, 4) is 0 Å². The monoisotopic (exact) mass is 232 g/mol. The van der Waals surface area contributed by atoms with Crippen molar-refractivity contribution in [2.75, 3.05) is 13.2 Å². The Morgan fingerprint density at radius 1 is 1.12 bits per heavy atom. The lowest BCUT2D eigenvalue weighted by atomic mass is 9.84. The maximum Gasteiger partial charge on any atom is 0.0731 e. The third-order valence-electron chi connectivity index (χ3n) is 4.17. The number of ether oxygens (including phenoxy) is 1. The topological polar surface area (TPSA) is 29.5 Å². The molecule has 1 aliphatic carbocycles. The second-order valence-corrected chi connectivity index (χ2v) is 5.61. The van der Waals surface area contributed by atoms with Gasteiger partial charge in [-0.3, -0.25) is 0 Å². The summed E-state index contributed by atoms with van der Waals surface area (Å²) >= 11 is 0. The lowest BCUT2D eigenvalue weighted by molar-refractivity contribution is -0.00508. The highest BCUT2D eigenvalue weighted by Gasteiger charge is 2.37. The van der Waals surface area contributed by atoms with Gasteiger partial charge in [0, 0.05) is 26.1 Å². The van der Waals surface area contributed by atoms with E-state index < -0.39 is 5.60 Å². The molecule has 3 rings (SSSR count). The summed E-state index contributed by atoms with van der Waals surface area (Å²) in [7, 11) is 0. The summed E-state index contributed by atoms with van der Waals surface area (Å²) in [6.45, 7) is 1.74. The summed E-state index contributed by atoms with van der Waals surface area (Å²) in [5.41, 5.74) is 2.18. The van der Waals surface area contributed by atoms with Crippen LogP contribution in [0.5, 0.6) is 0 Å². The van der Waals surface area contributed by atoms with E-state index in [9.17, 15) is 5.11 Å². The smallest absolute Gasteiger partial charge is 0.0731 e. The van der Waals surface area contributed by atoms with Crippen LogP contribution in [0.15, 0.2) is 24.3 Å². The Balaban J connectivity index is 1.68. The second-order valence-electron chi connectivity index (χ2n) is 5.61. The number of aliphatic hydroxyl groups is 1. The van der Waals surface area contributed by atoms with Gasteiger partial charge in [0.1, 0.15) is 0 Å². The van der Waals surface area contributed by atoms with E-state index in [0.29, 0.717) is 5.92 Å². The van der Waals surface area contributed by atoms with Crippen molar-refractivity contribution < 1.29 is 9.84 Å². The fourth-order valence-corrected chi connectivity index (χ4v) is 3.31. The minimum absolute atomic E-state index is 0.494. The summed E-state index contributed by atoms with van der Waals surface area (Å²) in [4.78, 5) is 0. The van der Waals surface area contributed by atoms with E-state index in [-0.39, 0.29) is 0 Å². The third kappa shape index (κ3) is 2.38. The van der Waals surface area contributed by atoms with Crippen LogP contribution in [0.2, 0.25) is 0 Å². The van der Waals surface area contributed by atoms with Crippen LogP contribution in [0.3, 0.4) is 0 Å². The minimum atomic E-state index is -0.494. The molecular weight excluding hydrogens is 212 g/mol. The minimum Gasteiger partial charge on any atom is -0.389 e. The Bertz CT molecular complexity index is 369. The average molecular weight is 232 g/mol. The summed E-state index contributed by atoms with van der Waals surface area (Å²) in [5, 5.41) is 10.7. The summed E-state index contributed by atoms with van der Waals surface area (Å²) in [6.07, 6.45) is 4.82. The van der Waals surface area contributed by atoms with Gasteiger partial charge >= 0.3 is 0 Å². The molecule has 17 heavy (non-hydrogen) atoms. The van der Waals surface area contributed by atoms with Gasteiger partial charge in [0.2, 0.25) is 0 Å². The fourth-order valence-electron chi connectivity index (χ4n) is 3.31. The average Bonchev–Trinajstić information content (AvgIpc) is 2.66. The molecule has 0 radical (unpaired) electrons. The molecule has 1 aliphatic heterocycles. The molecule has 2 nitrogen and oxygen atoms in total. The first-order valence-electron chi connectivity index (χ1n) is 6.62. The lowest BCUT2D eigenvalue weighted by Crippen LogP contribution is -2.34. The Morgan fingerprint density at radius 2 is 1.71 bits per heavy atom. The molecule has 1 saturated heterocycles. The van der Waals surface area contributed by atoms with Crippen molar-refractivity contribution in [3.63, 3.8) is 0 Å². The SMILES string of the molecule is OC1(CC2CCOCC2)Cc2ccccc2C1. The molecular formula is C15H20O2. The van der Waals surface area contributed by atoms with E-state index in [1.807, 2.05) is 0 Å². The molecule has 1 aromatic rings. The molecule has 1 fully saturated rings. The number of hydrogen-bond donors (Lipinski definition) is 1. The molecule has 1 aromatic carbocycles. The van der Waals surface area contributed by atoms with Gasteiger partial charge in [0.15, 0.2) is 0 Å². The van der Waals surface area contributed by atoms with Crippen LogP contribution < -0.4 is 0 Å². The van der Waals surface area contributed by atoms with Crippen molar-refractivity contribution in [2.45, 2.75) is 37.7 Å². The number of hydrogen-bond acceptors (Lipinski definition) is 2. The predicted molar refractivity (Wildman–Crippen MR) is 67.0 cm³/mol. The molecule has 0 saturated carbocycles. The van der Waals surface area contributed by atoms with Gasteiger partial charge in [-0.25, -0.2) is 0 Å². The van der Waals surface area contributed by atoms with Gasteiger partial charge in [-0.1, -0.05) is 24.3 Å². The highest BCUT2D eigenvalue weighted by atomic mass is 16.5. The summed E-state index contributed by atoms with van der Waals surface area (Å²) in [5.74, 6) is 0.642. The summed E-state index contributed by atoms with van der Waals surface area (Å²) < 4.78 is 5.38. The Morgan fingerprint density at radius 3 is 2.29 bits per heavy atom. The van der Waals surface area contributed by atoms with Crippen LogP contribution >= 0.6 is 0 Å². The number of rotatable bonds is 2. The second kappa shape index (κ2) is 4.43. The van der Waals surface area contributed by atoms with Gasteiger partial charge < -0.3 is 9.84 Å². The molecule has 0 bridgehead atoms. The van der Waals surface area contributed by atoms with Gasteiger partial charge in [0.25, 0.3) is 0 Å². The van der Waals surface area contributed by atoms with E-state index in [1.54, 1.807) is 0 Å². The standard InChI is InChI=1S/C15H20O2/c16-15(9-12-5-7-17-8-6-12)10-13-3-1-2-4-14(13)11-15/h1-4,12,16H,5-11H2. The zero-order valence-electron chi connectivity index (χ0n) is 10.2. The normalized spacial score (nSPS) is 23.6. The highest BCUT2D eigenvalue weighted by Crippen LogP contribution is 2.36. The van der Waals surface area contributed by atoms with Crippen molar-refractivity contribution >= 4 is 0 Å². The van der Waals surface area contributed by atoms with Crippen LogP contribution in [0, 0.1) is 5.92 Å². The van der Waals surface area contributed by atoms with Crippen LogP contribution in [0.1, 0.15) is 30.4 Å². The highest BCUT2D eigenvalue weighted by molar-refractivity contribution is 5.35. The van der Waals surface area contributed by atoms with Crippen molar-refractivity contribution in [3.05, 3.63) is 35.4 Å². The van der Waals surface area contributed by atoms with Gasteiger partial charge in [0.05, 0.1) is 5.60 Å². The molecule has 0 unspecified atom stereocenters. The Kier molecular flexibility index (Phi) is 2.93. The number of fused-ring (bicyclic) bond motifs is 1. The first kappa shape index (κ1) is 11.2. The van der Waals surface area contributed by atoms with Crippen molar-refractivity contribution in [1.29, 1.82) is 0 Å². The van der Waals surface area contributed by atoms with Gasteiger partial charge in [-0.15, -0.1) is 0 Å². The molecule has 2 aliphatic rings. The summed E-state index contributed by atoms with van der Waals surface area (Å²) in [6, 6.07) is 8.44. The zero-order chi connectivity index (χ0) is 11.7. The molecule has 1 heterocycles. The molecule has 0 amide bonds. The Labute approximate surface area is 103 Å². The number of benzene rings is 1. The molecule has 0 atom stereocenters. The van der Waals surface area contributed by atoms with Gasteiger partial charge in [-0.05, 0) is 36.3 Å². The lowest BCUT2D eigenvalue weighted by Gasteiger charge is -2.30. The molecule has 0 spiro atoms. The molecule has 2 heteroatoms. The van der Waals surface area contributed by atoms with E-state index in [1.165, 1.54) is 11.1 Å². The van der Waals surface area contributed by atoms with Crippen LogP contribution in [0.25, 0.3) is 0 Å². The molecule has 1 N–H and O–H groups in total. The van der Waals surface area contributed by atoms with Crippen molar-refractivity contribution in [1.82, 2.24) is 0 Å². The molecule has 0 aromatic heterocycles. The van der Waals surface area contributed by atoms with E-state index >= 15 is 0 Å². The largest absolute Gasteiger partial charge is 0.389 e. The van der Waals surface area contributed by atoms with Crippen LogP contribution in [-0.2, 0) is 17.6 Å². The van der Waals surface area contributed by atoms with Crippen LogP contribution in [-0.4, -0.2) is 23.9 Å². The quantitative estimate of drug-likeness (QED) is 0.848. The zero-order valence-corrected chi connectivity index (χ0v) is 10.2. The van der Waals surface area contributed by atoms with E-state index in [4.69, 9.17) is 4.74 Å². The molecule has 92 valence electrons. The van der Waals surface area contributed by atoms with Crippen LogP contribution in [0.4, 0.5) is 0 Å². The Hall–Kier alpha value is -0.860. The fraction of sp³-hybridized carbons (Fsp3) is 0.600. The van der Waals surface area contributed by atoms with E-state index in [2.05, 4.69) is 24.3 Å². The predicted octanol–water partition coefficient (Wildman–Crippen LogP) is 2.33. The van der Waals surface area contributed by atoms with Crippen molar-refractivity contribution in [2.24, 2.45) is 5.92 Å². The first-order valence-corrected chi connectivity index (χ1v) is 6.62. The first-order chi connectivity index (χ1) is 8.25. The van der Waals surface area contributed by atoms with Gasteiger partial charge in [-0.2, -0.15) is 0 Å². The maximum atomic E-state index is 10.7.